The lowest BCUT2D eigenvalue weighted by atomic mass is 9.94. The van der Waals surface area contributed by atoms with Crippen molar-refractivity contribution >= 4 is 0 Å². The molecule has 0 aromatic rings. The van der Waals surface area contributed by atoms with Gasteiger partial charge >= 0.3 is 0 Å². The van der Waals surface area contributed by atoms with Crippen molar-refractivity contribution in [2.45, 2.75) is 65.5 Å². The van der Waals surface area contributed by atoms with Gasteiger partial charge in [0, 0.05) is 25.2 Å². The van der Waals surface area contributed by atoms with Crippen molar-refractivity contribution in [2.24, 2.45) is 5.92 Å². The van der Waals surface area contributed by atoms with Gasteiger partial charge in [-0.2, -0.15) is 0 Å². The van der Waals surface area contributed by atoms with E-state index in [4.69, 9.17) is 0 Å². The molecule has 0 bridgehead atoms. The molecule has 1 heterocycles. The fourth-order valence-corrected chi connectivity index (χ4v) is 2.60. The lowest BCUT2D eigenvalue weighted by Crippen LogP contribution is -2.48. The molecule has 0 amide bonds. The molecule has 96 valence electrons. The molecule has 1 aliphatic rings. The lowest BCUT2D eigenvalue weighted by molar-refractivity contribution is 0.111. The predicted molar refractivity (Wildman–Crippen MR) is 71.8 cm³/mol. The van der Waals surface area contributed by atoms with E-state index in [1.54, 1.807) is 0 Å². The highest BCUT2D eigenvalue weighted by atomic mass is 15.2. The first-order valence-electron chi connectivity index (χ1n) is 7.14. The monoisotopic (exact) mass is 226 g/mol. The highest BCUT2D eigenvalue weighted by Crippen LogP contribution is 2.21. The van der Waals surface area contributed by atoms with Crippen LogP contribution in [0.3, 0.4) is 0 Å². The summed E-state index contributed by atoms with van der Waals surface area (Å²) >= 11 is 0. The summed E-state index contributed by atoms with van der Waals surface area (Å²) in [5.74, 6) is 0.889. The number of nitrogens with zero attached hydrogens (tertiary/aromatic N) is 1. The second-order valence-electron chi connectivity index (χ2n) is 5.54. The summed E-state index contributed by atoms with van der Waals surface area (Å²) in [6, 6.07) is 1.47. The molecule has 16 heavy (non-hydrogen) atoms. The maximum atomic E-state index is 3.66. The SMILES string of the molecule is CCCNC(CC)CN1CC(C)CCC1C. The number of piperidine rings is 1. The van der Waals surface area contributed by atoms with Crippen LogP contribution in [0.2, 0.25) is 0 Å². The number of nitrogens with one attached hydrogen (secondary N) is 1. The number of hydrogen-bond acceptors (Lipinski definition) is 2. The minimum absolute atomic E-state index is 0.688. The maximum Gasteiger partial charge on any atom is 0.0192 e. The van der Waals surface area contributed by atoms with E-state index < -0.39 is 0 Å². The third-order valence-corrected chi connectivity index (χ3v) is 3.88. The van der Waals surface area contributed by atoms with Crippen LogP contribution < -0.4 is 5.32 Å². The fourth-order valence-electron chi connectivity index (χ4n) is 2.60. The van der Waals surface area contributed by atoms with Crippen LogP contribution >= 0.6 is 0 Å². The molecule has 0 aromatic heterocycles. The van der Waals surface area contributed by atoms with Crippen LogP contribution in [0, 0.1) is 5.92 Å². The van der Waals surface area contributed by atoms with Gasteiger partial charge in [0.15, 0.2) is 0 Å². The molecule has 0 radical (unpaired) electrons. The molecule has 1 saturated heterocycles. The molecule has 3 atom stereocenters. The number of likely N-dealkylation sites (tertiary alicyclic amines) is 1. The molecule has 3 unspecified atom stereocenters. The van der Waals surface area contributed by atoms with Crippen LogP contribution in [0.4, 0.5) is 0 Å². The first kappa shape index (κ1) is 14.0. The smallest absolute Gasteiger partial charge is 0.0192 e. The average Bonchev–Trinajstić information content (AvgIpc) is 2.28. The van der Waals surface area contributed by atoms with Gasteiger partial charge in [-0.15, -0.1) is 0 Å². The third kappa shape index (κ3) is 4.42. The van der Waals surface area contributed by atoms with Crippen LogP contribution in [0.5, 0.6) is 0 Å². The van der Waals surface area contributed by atoms with Crippen molar-refractivity contribution in [2.75, 3.05) is 19.6 Å². The van der Waals surface area contributed by atoms with Gasteiger partial charge in [-0.25, -0.2) is 0 Å². The van der Waals surface area contributed by atoms with Crippen molar-refractivity contribution in [3.05, 3.63) is 0 Å². The zero-order valence-electron chi connectivity index (χ0n) is 11.6. The van der Waals surface area contributed by atoms with Crippen molar-refractivity contribution in [1.82, 2.24) is 10.2 Å². The maximum absolute atomic E-state index is 3.66. The molecule has 0 aromatic carbocycles. The Morgan fingerprint density at radius 1 is 1.25 bits per heavy atom. The summed E-state index contributed by atoms with van der Waals surface area (Å²) in [6.07, 6.45) is 5.28. The standard InChI is InChI=1S/C14H30N2/c1-5-9-15-14(6-2)11-16-10-12(3)7-8-13(16)4/h12-15H,5-11H2,1-4H3. The average molecular weight is 226 g/mol. The number of hydrogen-bond donors (Lipinski definition) is 1. The summed E-state index contributed by atoms with van der Waals surface area (Å²) in [6.45, 7) is 13.0. The van der Waals surface area contributed by atoms with Gasteiger partial charge in [-0.3, -0.25) is 4.90 Å². The van der Waals surface area contributed by atoms with Gasteiger partial charge in [0.25, 0.3) is 0 Å². The molecule has 1 rings (SSSR count). The van der Waals surface area contributed by atoms with E-state index in [0.29, 0.717) is 6.04 Å². The predicted octanol–water partition coefficient (Wildman–Crippen LogP) is 2.89. The summed E-state index contributed by atoms with van der Waals surface area (Å²) in [7, 11) is 0. The fraction of sp³-hybridized carbons (Fsp3) is 1.00. The lowest BCUT2D eigenvalue weighted by Gasteiger charge is -2.38. The normalized spacial score (nSPS) is 29.2. The molecule has 2 heteroatoms. The van der Waals surface area contributed by atoms with Crippen molar-refractivity contribution < 1.29 is 0 Å². The van der Waals surface area contributed by atoms with Crippen LogP contribution in [-0.2, 0) is 0 Å². The Hall–Kier alpha value is -0.0800. The second-order valence-corrected chi connectivity index (χ2v) is 5.54. The molecular formula is C14H30N2. The second kappa shape index (κ2) is 7.29. The number of rotatable bonds is 6. The third-order valence-electron chi connectivity index (χ3n) is 3.88. The molecular weight excluding hydrogens is 196 g/mol. The van der Waals surface area contributed by atoms with Gasteiger partial charge in [0.05, 0.1) is 0 Å². The zero-order chi connectivity index (χ0) is 12.0. The highest BCUT2D eigenvalue weighted by molar-refractivity contribution is 4.80. The molecule has 1 N–H and O–H groups in total. The van der Waals surface area contributed by atoms with E-state index in [-0.39, 0.29) is 0 Å². The largest absolute Gasteiger partial charge is 0.313 e. The van der Waals surface area contributed by atoms with Crippen molar-refractivity contribution in [1.29, 1.82) is 0 Å². The van der Waals surface area contributed by atoms with E-state index in [9.17, 15) is 0 Å². The highest BCUT2D eigenvalue weighted by Gasteiger charge is 2.24. The van der Waals surface area contributed by atoms with Gasteiger partial charge in [0.2, 0.25) is 0 Å². The zero-order valence-corrected chi connectivity index (χ0v) is 11.6. The minimum Gasteiger partial charge on any atom is -0.313 e. The minimum atomic E-state index is 0.688. The van der Waals surface area contributed by atoms with Crippen LogP contribution in [0.15, 0.2) is 0 Å². The van der Waals surface area contributed by atoms with E-state index in [2.05, 4.69) is 37.9 Å². The molecule has 0 spiro atoms. The molecule has 0 saturated carbocycles. The van der Waals surface area contributed by atoms with Crippen molar-refractivity contribution in [3.8, 4) is 0 Å². The van der Waals surface area contributed by atoms with E-state index in [1.807, 2.05) is 0 Å². The Labute approximate surface area is 102 Å². The van der Waals surface area contributed by atoms with Crippen LogP contribution in [0.1, 0.15) is 53.4 Å². The first-order valence-corrected chi connectivity index (χ1v) is 7.14. The van der Waals surface area contributed by atoms with Gasteiger partial charge in [0.1, 0.15) is 0 Å². The molecule has 0 aliphatic carbocycles. The molecule has 2 nitrogen and oxygen atoms in total. The summed E-state index contributed by atoms with van der Waals surface area (Å²) in [4.78, 5) is 2.69. The van der Waals surface area contributed by atoms with Gasteiger partial charge < -0.3 is 5.32 Å². The van der Waals surface area contributed by atoms with Crippen LogP contribution in [-0.4, -0.2) is 36.6 Å². The van der Waals surface area contributed by atoms with Crippen molar-refractivity contribution in [3.63, 3.8) is 0 Å². The van der Waals surface area contributed by atoms with E-state index >= 15 is 0 Å². The quantitative estimate of drug-likeness (QED) is 0.749. The van der Waals surface area contributed by atoms with Gasteiger partial charge in [-0.1, -0.05) is 20.8 Å². The van der Waals surface area contributed by atoms with Crippen LogP contribution in [0.25, 0.3) is 0 Å². The summed E-state index contributed by atoms with van der Waals surface area (Å²) in [5.41, 5.74) is 0. The Morgan fingerprint density at radius 2 is 2.00 bits per heavy atom. The molecule has 1 aliphatic heterocycles. The topological polar surface area (TPSA) is 15.3 Å². The van der Waals surface area contributed by atoms with E-state index in [1.165, 1.54) is 38.8 Å². The van der Waals surface area contributed by atoms with Gasteiger partial charge in [-0.05, 0) is 45.1 Å². The Balaban J connectivity index is 2.36. The Morgan fingerprint density at radius 3 is 2.62 bits per heavy atom. The Kier molecular flexibility index (Phi) is 6.37. The Bertz CT molecular complexity index is 182. The first-order chi connectivity index (χ1) is 7.67. The molecule has 1 fully saturated rings. The van der Waals surface area contributed by atoms with E-state index in [0.717, 1.165) is 18.5 Å². The summed E-state index contributed by atoms with van der Waals surface area (Å²) in [5, 5.41) is 3.66. The summed E-state index contributed by atoms with van der Waals surface area (Å²) < 4.78 is 0.